The van der Waals surface area contributed by atoms with Crippen LogP contribution in [-0.4, -0.2) is 16.9 Å². The van der Waals surface area contributed by atoms with E-state index in [1.807, 2.05) is 6.07 Å². The Labute approximate surface area is 115 Å². The van der Waals surface area contributed by atoms with Crippen molar-refractivity contribution < 1.29 is 4.74 Å². The van der Waals surface area contributed by atoms with Gasteiger partial charge >= 0.3 is 0 Å². The summed E-state index contributed by atoms with van der Waals surface area (Å²) in [4.78, 5) is 0. The maximum Gasteiger partial charge on any atom is 0.240 e. The molecule has 102 valence electrons. The van der Waals surface area contributed by atoms with Crippen LogP contribution in [0.15, 0.2) is 30.3 Å². The van der Waals surface area contributed by atoms with E-state index in [1.165, 1.54) is 11.3 Å². The first-order valence-electron chi connectivity index (χ1n) is 6.89. The van der Waals surface area contributed by atoms with Crippen LogP contribution in [0.4, 0.5) is 0 Å². The van der Waals surface area contributed by atoms with Gasteiger partial charge in [-0.25, -0.2) is 0 Å². The molecule has 0 aliphatic heterocycles. The second-order valence-electron chi connectivity index (χ2n) is 4.99. The summed E-state index contributed by atoms with van der Waals surface area (Å²) < 4.78 is 7.57. The molecule has 3 nitrogen and oxygen atoms in total. The number of nitrogens with zero attached hydrogens (tertiary/aromatic N) is 2. The Bertz CT molecular complexity index is 529. The number of aromatic nitrogens is 2. The molecule has 0 radical (unpaired) electrons. The fourth-order valence-electron chi connectivity index (χ4n) is 2.39. The molecule has 1 heterocycles. The van der Waals surface area contributed by atoms with Crippen LogP contribution in [0.5, 0.6) is 5.88 Å². The van der Waals surface area contributed by atoms with Gasteiger partial charge in [0.25, 0.3) is 0 Å². The Morgan fingerprint density at radius 3 is 2.42 bits per heavy atom. The molecule has 0 saturated carbocycles. The van der Waals surface area contributed by atoms with Crippen molar-refractivity contribution in [1.29, 1.82) is 0 Å². The number of ether oxygens (including phenoxy) is 1. The third-order valence-electron chi connectivity index (χ3n) is 3.21. The lowest BCUT2D eigenvalue weighted by molar-refractivity contribution is 0.382. The van der Waals surface area contributed by atoms with Crippen molar-refractivity contribution in [3.8, 4) is 17.0 Å². The zero-order chi connectivity index (χ0) is 13.8. The van der Waals surface area contributed by atoms with Gasteiger partial charge in [0, 0.05) is 6.04 Å². The van der Waals surface area contributed by atoms with Crippen molar-refractivity contribution in [2.24, 2.45) is 0 Å². The molecular weight excluding hydrogens is 236 g/mol. The van der Waals surface area contributed by atoms with E-state index in [-0.39, 0.29) is 0 Å². The van der Waals surface area contributed by atoms with E-state index in [0.29, 0.717) is 6.04 Å². The standard InChI is InChI=1S/C16H22N2O/c1-5-9-14-15(13-10-7-6-8-11-13)16(19-4)17-18(14)12(2)3/h6-8,10-12H,5,9H2,1-4H3. The molecule has 0 aliphatic rings. The molecule has 0 spiro atoms. The summed E-state index contributed by atoms with van der Waals surface area (Å²) in [5.41, 5.74) is 3.58. The smallest absolute Gasteiger partial charge is 0.240 e. The maximum atomic E-state index is 5.49. The summed E-state index contributed by atoms with van der Waals surface area (Å²) in [5, 5.41) is 4.62. The van der Waals surface area contributed by atoms with Gasteiger partial charge < -0.3 is 4.74 Å². The van der Waals surface area contributed by atoms with E-state index >= 15 is 0 Å². The first kappa shape index (κ1) is 13.7. The number of rotatable bonds is 5. The van der Waals surface area contributed by atoms with E-state index in [2.05, 4.69) is 54.8 Å². The average Bonchev–Trinajstić information content (AvgIpc) is 2.79. The Balaban J connectivity index is 2.62. The number of benzene rings is 1. The normalized spacial score (nSPS) is 11.0. The van der Waals surface area contributed by atoms with Gasteiger partial charge in [-0.2, -0.15) is 0 Å². The molecule has 1 aromatic heterocycles. The van der Waals surface area contributed by atoms with Crippen LogP contribution in [0.2, 0.25) is 0 Å². The first-order valence-corrected chi connectivity index (χ1v) is 6.89. The summed E-state index contributed by atoms with van der Waals surface area (Å²) in [7, 11) is 1.69. The van der Waals surface area contributed by atoms with Crippen molar-refractivity contribution in [3.05, 3.63) is 36.0 Å². The van der Waals surface area contributed by atoms with E-state index in [0.717, 1.165) is 24.3 Å². The second-order valence-corrected chi connectivity index (χ2v) is 4.99. The lowest BCUT2D eigenvalue weighted by Crippen LogP contribution is -2.07. The SMILES string of the molecule is CCCc1c(-c2ccccc2)c(OC)nn1C(C)C. The Morgan fingerprint density at radius 1 is 1.21 bits per heavy atom. The third-order valence-corrected chi connectivity index (χ3v) is 3.21. The van der Waals surface area contributed by atoms with Gasteiger partial charge in [-0.1, -0.05) is 43.7 Å². The minimum absolute atomic E-state index is 0.341. The molecule has 0 aliphatic carbocycles. The molecule has 2 aromatic rings. The molecule has 0 bridgehead atoms. The Morgan fingerprint density at radius 2 is 1.89 bits per heavy atom. The van der Waals surface area contributed by atoms with E-state index < -0.39 is 0 Å². The predicted octanol–water partition coefficient (Wildman–Crippen LogP) is 4.09. The molecule has 0 fully saturated rings. The minimum Gasteiger partial charge on any atom is -0.479 e. The van der Waals surface area contributed by atoms with Crippen LogP contribution in [0.3, 0.4) is 0 Å². The molecule has 0 unspecified atom stereocenters. The minimum atomic E-state index is 0.341. The average molecular weight is 258 g/mol. The monoisotopic (exact) mass is 258 g/mol. The second kappa shape index (κ2) is 5.91. The lowest BCUT2D eigenvalue weighted by atomic mass is 10.0. The summed E-state index contributed by atoms with van der Waals surface area (Å²) in [6.45, 7) is 6.50. The van der Waals surface area contributed by atoms with Gasteiger partial charge in [-0.05, 0) is 25.8 Å². The van der Waals surface area contributed by atoms with Crippen molar-refractivity contribution in [3.63, 3.8) is 0 Å². The van der Waals surface area contributed by atoms with Gasteiger partial charge in [0.15, 0.2) is 0 Å². The van der Waals surface area contributed by atoms with Crippen LogP contribution in [-0.2, 0) is 6.42 Å². The molecule has 19 heavy (non-hydrogen) atoms. The van der Waals surface area contributed by atoms with Crippen LogP contribution in [0.25, 0.3) is 11.1 Å². The quantitative estimate of drug-likeness (QED) is 0.807. The fourth-order valence-corrected chi connectivity index (χ4v) is 2.39. The van der Waals surface area contributed by atoms with Crippen LogP contribution in [0, 0.1) is 0 Å². The molecule has 0 saturated heterocycles. The predicted molar refractivity (Wildman–Crippen MR) is 78.6 cm³/mol. The summed E-state index contributed by atoms with van der Waals surface area (Å²) >= 11 is 0. The van der Waals surface area contributed by atoms with Crippen molar-refractivity contribution >= 4 is 0 Å². The highest BCUT2D eigenvalue weighted by atomic mass is 16.5. The van der Waals surface area contributed by atoms with E-state index in [1.54, 1.807) is 7.11 Å². The molecule has 2 rings (SSSR count). The molecule has 0 atom stereocenters. The molecular formula is C16H22N2O. The molecule has 0 N–H and O–H groups in total. The third kappa shape index (κ3) is 2.65. The largest absolute Gasteiger partial charge is 0.479 e. The highest BCUT2D eigenvalue weighted by molar-refractivity contribution is 5.71. The van der Waals surface area contributed by atoms with Gasteiger partial charge in [0.1, 0.15) is 0 Å². The highest BCUT2D eigenvalue weighted by Gasteiger charge is 2.20. The van der Waals surface area contributed by atoms with Crippen LogP contribution < -0.4 is 4.74 Å². The van der Waals surface area contributed by atoms with Gasteiger partial charge in [-0.15, -0.1) is 5.10 Å². The maximum absolute atomic E-state index is 5.49. The van der Waals surface area contributed by atoms with Crippen molar-refractivity contribution in [2.45, 2.75) is 39.7 Å². The van der Waals surface area contributed by atoms with Crippen molar-refractivity contribution in [1.82, 2.24) is 9.78 Å². The van der Waals surface area contributed by atoms with Gasteiger partial charge in [-0.3, -0.25) is 4.68 Å². The molecule has 3 heteroatoms. The Kier molecular flexibility index (Phi) is 4.25. The fraction of sp³-hybridized carbons (Fsp3) is 0.438. The number of methoxy groups -OCH3 is 1. The van der Waals surface area contributed by atoms with E-state index in [9.17, 15) is 0 Å². The van der Waals surface area contributed by atoms with Gasteiger partial charge in [0.05, 0.1) is 18.4 Å². The van der Waals surface area contributed by atoms with Crippen LogP contribution >= 0.6 is 0 Å². The summed E-state index contributed by atoms with van der Waals surface area (Å²) in [5.74, 6) is 0.725. The highest BCUT2D eigenvalue weighted by Crippen LogP contribution is 2.34. The first-order chi connectivity index (χ1) is 9.19. The molecule has 0 amide bonds. The zero-order valence-electron chi connectivity index (χ0n) is 12.2. The number of hydrogen-bond donors (Lipinski definition) is 0. The summed E-state index contributed by atoms with van der Waals surface area (Å²) in [6, 6.07) is 10.7. The molecule has 1 aromatic carbocycles. The Hall–Kier alpha value is -1.77. The van der Waals surface area contributed by atoms with E-state index in [4.69, 9.17) is 4.74 Å². The topological polar surface area (TPSA) is 27.1 Å². The number of hydrogen-bond acceptors (Lipinski definition) is 2. The summed E-state index contributed by atoms with van der Waals surface area (Å²) in [6.07, 6.45) is 2.11. The zero-order valence-corrected chi connectivity index (χ0v) is 12.2. The lowest BCUT2D eigenvalue weighted by Gasteiger charge is -2.11. The van der Waals surface area contributed by atoms with Crippen molar-refractivity contribution in [2.75, 3.05) is 7.11 Å². The van der Waals surface area contributed by atoms with Gasteiger partial charge in [0.2, 0.25) is 5.88 Å². The van der Waals surface area contributed by atoms with Crippen LogP contribution in [0.1, 0.15) is 38.9 Å².